The van der Waals surface area contributed by atoms with Crippen molar-refractivity contribution in [3.05, 3.63) is 102 Å². The highest BCUT2D eigenvalue weighted by Gasteiger charge is 2.19. The maximum absolute atomic E-state index is 13.9. The lowest BCUT2D eigenvalue weighted by molar-refractivity contribution is 0.0527. The van der Waals surface area contributed by atoms with Crippen molar-refractivity contribution >= 4 is 22.2 Å². The van der Waals surface area contributed by atoms with Crippen LogP contribution in [0.15, 0.2) is 89.1 Å². The molecule has 0 spiro atoms. The van der Waals surface area contributed by atoms with Crippen LogP contribution in [0.5, 0.6) is 0 Å². The summed E-state index contributed by atoms with van der Waals surface area (Å²) in [5.41, 5.74) is 4.15. The number of nitrogens with zero attached hydrogens (tertiary/aromatic N) is 2. The Morgan fingerprint density at radius 1 is 1.03 bits per heavy atom. The maximum atomic E-state index is 13.9. The third kappa shape index (κ3) is 5.93. The molecule has 8 nitrogen and oxygen atoms in total. The van der Waals surface area contributed by atoms with Crippen molar-refractivity contribution in [2.24, 2.45) is 16.1 Å². The van der Waals surface area contributed by atoms with E-state index in [9.17, 15) is 17.6 Å². The fraction of sp³-hybridized carbons (Fsp3) is 0.111. The monoisotopic (exact) mass is 520 g/mol. The molecule has 0 radical (unpaired) electrons. The number of rotatable bonds is 8. The molecule has 0 aliphatic carbocycles. The smallest absolute Gasteiger partial charge is 0.340 e. The summed E-state index contributed by atoms with van der Waals surface area (Å²) in [5.74, 6) is 4.20. The van der Waals surface area contributed by atoms with Crippen LogP contribution in [0.25, 0.3) is 22.3 Å². The fourth-order valence-corrected chi connectivity index (χ4v) is 4.82. The van der Waals surface area contributed by atoms with Crippen molar-refractivity contribution in [2.75, 3.05) is 6.61 Å². The Balaban J connectivity index is 1.73. The van der Waals surface area contributed by atoms with Gasteiger partial charge in [0.25, 0.3) is 0 Å². The van der Waals surface area contributed by atoms with Gasteiger partial charge in [-0.25, -0.2) is 22.7 Å². The van der Waals surface area contributed by atoms with E-state index in [0.29, 0.717) is 28.8 Å². The maximum Gasteiger partial charge on any atom is 0.340 e. The molecule has 0 atom stereocenters. The second kappa shape index (κ2) is 10.8. The normalized spacial score (nSPS) is 11.6. The van der Waals surface area contributed by atoms with E-state index < -0.39 is 21.8 Å². The lowest BCUT2D eigenvalue weighted by Gasteiger charge is -2.10. The summed E-state index contributed by atoms with van der Waals surface area (Å²) in [5, 5.41) is 8.88. The van der Waals surface area contributed by atoms with Gasteiger partial charge >= 0.3 is 5.97 Å². The Morgan fingerprint density at radius 3 is 2.38 bits per heavy atom. The number of sulfonamides is 1. The van der Waals surface area contributed by atoms with Crippen LogP contribution in [0.4, 0.5) is 4.39 Å². The van der Waals surface area contributed by atoms with Gasteiger partial charge in [0.15, 0.2) is 0 Å². The molecule has 0 fully saturated rings. The molecule has 10 heteroatoms. The van der Waals surface area contributed by atoms with Gasteiger partial charge in [0.1, 0.15) is 5.82 Å². The molecule has 0 saturated carbocycles. The van der Waals surface area contributed by atoms with Gasteiger partial charge in [0, 0.05) is 30.1 Å². The number of carbonyl (C=O) groups is 1. The first-order valence-corrected chi connectivity index (χ1v) is 12.9. The van der Waals surface area contributed by atoms with Crippen LogP contribution >= 0.6 is 0 Å². The summed E-state index contributed by atoms with van der Waals surface area (Å²) < 4.78 is 45.1. The van der Waals surface area contributed by atoms with Crippen molar-refractivity contribution in [3.63, 3.8) is 0 Å². The number of hydrogen-bond donors (Lipinski definition) is 2. The van der Waals surface area contributed by atoms with E-state index in [0.717, 1.165) is 29.3 Å². The molecule has 3 aromatic carbocycles. The minimum atomic E-state index is -4.06. The molecule has 0 saturated heterocycles. The number of primary sulfonamides is 1. The highest BCUT2D eigenvalue weighted by atomic mass is 32.2. The Hall–Kier alpha value is -4.28. The highest BCUT2D eigenvalue weighted by Crippen LogP contribution is 2.32. The molecular weight excluding hydrogens is 495 g/mol. The molecule has 0 bridgehead atoms. The van der Waals surface area contributed by atoms with Crippen LogP contribution in [0, 0.1) is 5.82 Å². The molecular formula is C27H25FN4O4S. The van der Waals surface area contributed by atoms with E-state index in [2.05, 4.69) is 5.10 Å². The van der Waals surface area contributed by atoms with E-state index >= 15 is 0 Å². The van der Waals surface area contributed by atoms with Crippen LogP contribution in [0.2, 0.25) is 0 Å². The standard InChI is InChI=1S/C27H25FN4O4S/c1-2-36-27(33)25-17-32(15-19-5-3-4-18(12-19)14-31-29)16-24(25)21-8-6-20(7-9-21)23-13-22(28)10-11-26(23)37(30,34)35/h3-14,16-17H,2,15,29H2,1H3,(H2,30,34,35)/b31-14-. The molecule has 1 heterocycles. The van der Waals surface area contributed by atoms with Crippen LogP contribution in [-0.2, 0) is 21.3 Å². The summed E-state index contributed by atoms with van der Waals surface area (Å²) >= 11 is 0. The summed E-state index contributed by atoms with van der Waals surface area (Å²) in [7, 11) is -4.06. The number of ether oxygens (including phenoxy) is 1. The van der Waals surface area contributed by atoms with E-state index in [-0.39, 0.29) is 17.1 Å². The first-order valence-electron chi connectivity index (χ1n) is 11.3. The quantitative estimate of drug-likeness (QED) is 0.156. The predicted octanol–water partition coefficient (Wildman–Crippen LogP) is 4.13. The largest absolute Gasteiger partial charge is 0.462 e. The fourth-order valence-electron chi connectivity index (χ4n) is 4.07. The SMILES string of the molecule is CCOC(=O)c1cn(Cc2cccc(/C=N\N)c2)cc1-c1ccc(-c2cc(F)ccc2S(N)(=O)=O)cc1. The van der Waals surface area contributed by atoms with Crippen LogP contribution in [0.3, 0.4) is 0 Å². The third-order valence-corrected chi connectivity index (χ3v) is 6.64. The van der Waals surface area contributed by atoms with Crippen molar-refractivity contribution < 1.29 is 22.3 Å². The Labute approximate surface area is 214 Å². The average molecular weight is 521 g/mol. The molecule has 0 amide bonds. The molecule has 4 aromatic rings. The highest BCUT2D eigenvalue weighted by molar-refractivity contribution is 7.89. The number of benzene rings is 3. The molecule has 0 aliphatic rings. The van der Waals surface area contributed by atoms with Crippen molar-refractivity contribution in [1.82, 2.24) is 4.57 Å². The molecule has 4 N–H and O–H groups in total. The van der Waals surface area contributed by atoms with E-state index in [4.69, 9.17) is 15.7 Å². The Morgan fingerprint density at radius 2 is 1.73 bits per heavy atom. The van der Waals surface area contributed by atoms with Gasteiger partial charge in [0.2, 0.25) is 10.0 Å². The third-order valence-electron chi connectivity index (χ3n) is 5.67. The zero-order valence-electron chi connectivity index (χ0n) is 20.0. The number of halogens is 1. The van der Waals surface area contributed by atoms with Crippen LogP contribution < -0.4 is 11.0 Å². The van der Waals surface area contributed by atoms with Gasteiger partial charge in [-0.15, -0.1) is 0 Å². The number of esters is 1. The van der Waals surface area contributed by atoms with Gasteiger partial charge in [-0.05, 0) is 53.4 Å². The number of aromatic nitrogens is 1. The second-order valence-electron chi connectivity index (χ2n) is 8.26. The molecule has 0 aliphatic heterocycles. The van der Waals surface area contributed by atoms with E-state index in [1.807, 2.05) is 35.0 Å². The molecule has 1 aromatic heterocycles. The lowest BCUT2D eigenvalue weighted by Crippen LogP contribution is -2.13. The van der Waals surface area contributed by atoms with Gasteiger partial charge in [0.05, 0.1) is 23.3 Å². The van der Waals surface area contributed by atoms with Crippen molar-refractivity contribution in [3.8, 4) is 22.3 Å². The van der Waals surface area contributed by atoms with Gasteiger partial charge in [-0.3, -0.25) is 0 Å². The molecule has 4 rings (SSSR count). The van der Waals surface area contributed by atoms with Gasteiger partial charge in [-0.1, -0.05) is 42.5 Å². The Kier molecular flexibility index (Phi) is 7.51. The Bertz CT molecular complexity index is 1580. The molecule has 0 unspecified atom stereocenters. The molecule has 37 heavy (non-hydrogen) atoms. The van der Waals surface area contributed by atoms with Gasteiger partial charge < -0.3 is 15.1 Å². The first-order chi connectivity index (χ1) is 17.7. The van der Waals surface area contributed by atoms with E-state index in [1.165, 1.54) is 0 Å². The topological polar surface area (TPSA) is 130 Å². The summed E-state index contributed by atoms with van der Waals surface area (Å²) in [6.45, 7) is 2.44. The second-order valence-corrected chi connectivity index (χ2v) is 9.79. The molecule has 190 valence electrons. The van der Waals surface area contributed by atoms with Crippen LogP contribution in [0.1, 0.15) is 28.4 Å². The van der Waals surface area contributed by atoms with Crippen molar-refractivity contribution in [1.29, 1.82) is 0 Å². The van der Waals surface area contributed by atoms with Gasteiger partial charge in [-0.2, -0.15) is 5.10 Å². The number of hydrazone groups is 1. The van der Waals surface area contributed by atoms with E-state index in [1.54, 1.807) is 43.6 Å². The summed E-state index contributed by atoms with van der Waals surface area (Å²) in [6, 6.07) is 17.7. The summed E-state index contributed by atoms with van der Waals surface area (Å²) in [4.78, 5) is 12.6. The van der Waals surface area contributed by atoms with Crippen LogP contribution in [-0.4, -0.2) is 31.8 Å². The zero-order valence-corrected chi connectivity index (χ0v) is 20.8. The van der Waals surface area contributed by atoms with Crippen molar-refractivity contribution in [2.45, 2.75) is 18.4 Å². The lowest BCUT2D eigenvalue weighted by atomic mass is 9.99. The minimum Gasteiger partial charge on any atom is -0.462 e. The zero-order chi connectivity index (χ0) is 26.6. The number of hydrogen-bond acceptors (Lipinski definition) is 6. The average Bonchev–Trinajstić information content (AvgIpc) is 3.28. The number of carbonyl (C=O) groups excluding carboxylic acids is 1. The summed E-state index contributed by atoms with van der Waals surface area (Å²) in [6.07, 6.45) is 5.11. The predicted molar refractivity (Wildman–Crippen MR) is 140 cm³/mol. The number of nitrogens with two attached hydrogens (primary N) is 2. The minimum absolute atomic E-state index is 0.151. The first kappa shape index (κ1) is 25.8.